The number of quaternary nitrogens is 1. The molecule has 0 aliphatic heterocycles. The van der Waals surface area contributed by atoms with E-state index < -0.39 is 20.0 Å². The van der Waals surface area contributed by atoms with Crippen LogP contribution in [0.2, 0.25) is 0 Å². The van der Waals surface area contributed by atoms with Crippen LogP contribution in [0.5, 0.6) is 0 Å². The van der Waals surface area contributed by atoms with Crippen molar-refractivity contribution in [2.24, 2.45) is 0 Å². The van der Waals surface area contributed by atoms with Crippen LogP contribution in [0.15, 0.2) is 12.2 Å². The number of nitrogens with zero attached hydrogens (tertiary/aromatic N) is 1. The Morgan fingerprint density at radius 3 is 1.54 bits per heavy atom. The standard InChI is InChI=1S/C41H83N2O6P/c1-6-8-10-12-14-16-18-20-22-24-26-28-30-32-34-40(44)39(38-49-50(46,47)48-37-36-43(3,4)5)42-41(45)35-33-31-29-27-25-23-21-19-17-15-13-11-9-7-2/h19,21,39-40,44H,6-18,20,22-38H2,1-5H3,(H-,42,45,46,47)/p+1/b21-19-. The molecule has 0 heterocycles. The zero-order valence-electron chi connectivity index (χ0n) is 33.7. The van der Waals surface area contributed by atoms with Crippen LogP contribution in [0.25, 0.3) is 0 Å². The van der Waals surface area contributed by atoms with Crippen molar-refractivity contribution in [1.82, 2.24) is 5.32 Å². The van der Waals surface area contributed by atoms with Crippen LogP contribution in [0, 0.1) is 0 Å². The molecule has 0 aromatic carbocycles. The maximum absolute atomic E-state index is 12.8. The van der Waals surface area contributed by atoms with Gasteiger partial charge >= 0.3 is 7.82 Å². The van der Waals surface area contributed by atoms with Crippen molar-refractivity contribution in [2.45, 2.75) is 206 Å². The highest BCUT2D eigenvalue weighted by atomic mass is 31.2. The topological polar surface area (TPSA) is 105 Å². The maximum atomic E-state index is 12.8. The van der Waals surface area contributed by atoms with Gasteiger partial charge in [-0.15, -0.1) is 0 Å². The molecule has 0 aromatic heterocycles. The molecule has 1 amide bonds. The first-order chi connectivity index (χ1) is 24.0. The number of carbonyl (C=O) groups is 1. The van der Waals surface area contributed by atoms with Gasteiger partial charge in [0, 0.05) is 6.42 Å². The van der Waals surface area contributed by atoms with Crippen LogP contribution in [0.1, 0.15) is 194 Å². The lowest BCUT2D eigenvalue weighted by Gasteiger charge is -2.26. The van der Waals surface area contributed by atoms with Crippen molar-refractivity contribution in [3.8, 4) is 0 Å². The van der Waals surface area contributed by atoms with E-state index in [1.807, 2.05) is 21.1 Å². The fourth-order valence-electron chi connectivity index (χ4n) is 6.10. The summed E-state index contributed by atoms with van der Waals surface area (Å²) in [4.78, 5) is 23.1. The Morgan fingerprint density at radius 1 is 0.660 bits per heavy atom. The van der Waals surface area contributed by atoms with Crippen molar-refractivity contribution in [2.75, 3.05) is 40.9 Å². The molecule has 0 saturated heterocycles. The number of likely N-dealkylation sites (N-methyl/N-ethyl adjacent to an activating group) is 1. The molecular weight excluding hydrogens is 647 g/mol. The number of phosphoric ester groups is 1. The number of unbranched alkanes of at least 4 members (excludes halogenated alkanes) is 23. The molecule has 298 valence electrons. The zero-order valence-corrected chi connectivity index (χ0v) is 34.5. The Bertz CT molecular complexity index is 834. The Balaban J connectivity index is 4.42. The fraction of sp³-hybridized carbons (Fsp3) is 0.927. The molecule has 0 spiro atoms. The number of hydrogen-bond acceptors (Lipinski definition) is 5. The summed E-state index contributed by atoms with van der Waals surface area (Å²) in [6.07, 6.45) is 36.5. The van der Waals surface area contributed by atoms with Gasteiger partial charge in [-0.1, -0.05) is 161 Å². The van der Waals surface area contributed by atoms with Crippen LogP contribution >= 0.6 is 7.82 Å². The summed E-state index contributed by atoms with van der Waals surface area (Å²) in [6.45, 7) is 4.87. The highest BCUT2D eigenvalue weighted by Gasteiger charge is 2.28. The molecule has 0 aliphatic rings. The van der Waals surface area contributed by atoms with E-state index in [2.05, 4.69) is 31.3 Å². The molecule has 8 nitrogen and oxygen atoms in total. The van der Waals surface area contributed by atoms with Crippen molar-refractivity contribution in [3.05, 3.63) is 12.2 Å². The highest BCUT2D eigenvalue weighted by molar-refractivity contribution is 7.47. The Kier molecular flexibility index (Phi) is 33.5. The molecule has 9 heteroatoms. The van der Waals surface area contributed by atoms with Gasteiger partial charge in [0.1, 0.15) is 13.2 Å². The summed E-state index contributed by atoms with van der Waals surface area (Å²) < 4.78 is 23.6. The third-order valence-electron chi connectivity index (χ3n) is 9.51. The van der Waals surface area contributed by atoms with Gasteiger partial charge in [0.2, 0.25) is 5.91 Å². The van der Waals surface area contributed by atoms with E-state index in [1.165, 1.54) is 116 Å². The van der Waals surface area contributed by atoms with Crippen molar-refractivity contribution >= 4 is 13.7 Å². The molecule has 0 radical (unpaired) electrons. The third kappa shape index (κ3) is 35.6. The first-order valence-corrected chi connectivity index (χ1v) is 22.5. The Labute approximate surface area is 310 Å². The maximum Gasteiger partial charge on any atom is 0.472 e. The predicted molar refractivity (Wildman–Crippen MR) is 212 cm³/mol. The van der Waals surface area contributed by atoms with E-state index in [1.54, 1.807) is 0 Å². The van der Waals surface area contributed by atoms with Crippen molar-refractivity contribution in [1.29, 1.82) is 0 Å². The SMILES string of the molecule is CCCCCCC/C=C\CCCCCCCC(=O)NC(COP(=O)(O)OCC[N+](C)(C)C)C(O)CCCCCCCCCCCCCCCC. The minimum absolute atomic E-state index is 0.0747. The average molecular weight is 732 g/mol. The average Bonchev–Trinajstić information content (AvgIpc) is 3.06. The van der Waals surface area contributed by atoms with E-state index in [0.717, 1.165) is 51.4 Å². The van der Waals surface area contributed by atoms with Gasteiger partial charge in [-0.05, 0) is 38.5 Å². The molecule has 0 bridgehead atoms. The monoisotopic (exact) mass is 732 g/mol. The zero-order chi connectivity index (χ0) is 37.2. The molecular formula is C41H84N2O6P+. The number of rotatable bonds is 38. The summed E-state index contributed by atoms with van der Waals surface area (Å²) >= 11 is 0. The second kappa shape index (κ2) is 34.0. The minimum atomic E-state index is -4.31. The van der Waals surface area contributed by atoms with E-state index in [9.17, 15) is 19.4 Å². The molecule has 0 rings (SSSR count). The van der Waals surface area contributed by atoms with Gasteiger partial charge < -0.3 is 19.8 Å². The van der Waals surface area contributed by atoms with E-state index >= 15 is 0 Å². The van der Waals surface area contributed by atoms with Crippen LogP contribution < -0.4 is 5.32 Å². The Hall–Kier alpha value is -0.760. The van der Waals surface area contributed by atoms with E-state index in [4.69, 9.17) is 9.05 Å². The van der Waals surface area contributed by atoms with Crippen molar-refractivity contribution < 1.29 is 32.9 Å². The summed E-state index contributed by atoms with van der Waals surface area (Å²) in [5.41, 5.74) is 0. The number of carbonyl (C=O) groups excluding carboxylic acids is 1. The molecule has 3 unspecified atom stereocenters. The van der Waals surface area contributed by atoms with Gasteiger partial charge in [0.15, 0.2) is 0 Å². The van der Waals surface area contributed by atoms with E-state index in [0.29, 0.717) is 23.9 Å². The molecule has 50 heavy (non-hydrogen) atoms. The number of phosphoric acid groups is 1. The molecule has 0 aliphatic carbocycles. The van der Waals surface area contributed by atoms with Gasteiger partial charge in [-0.2, -0.15) is 0 Å². The quantitative estimate of drug-likeness (QED) is 0.0253. The highest BCUT2D eigenvalue weighted by Crippen LogP contribution is 2.43. The number of aliphatic hydroxyl groups is 1. The molecule has 0 fully saturated rings. The molecule has 3 N–H and O–H groups in total. The van der Waals surface area contributed by atoms with Gasteiger partial charge in [0.05, 0.1) is 39.9 Å². The van der Waals surface area contributed by atoms with E-state index in [-0.39, 0.29) is 19.1 Å². The second-order valence-electron chi connectivity index (χ2n) is 15.7. The third-order valence-corrected chi connectivity index (χ3v) is 10.5. The second-order valence-corrected chi connectivity index (χ2v) is 17.2. The minimum Gasteiger partial charge on any atom is -0.391 e. The summed E-state index contributed by atoms with van der Waals surface area (Å²) in [7, 11) is 1.61. The van der Waals surface area contributed by atoms with Gasteiger partial charge in [-0.3, -0.25) is 13.8 Å². The lowest BCUT2D eigenvalue weighted by atomic mass is 10.0. The van der Waals surface area contributed by atoms with Crippen LogP contribution in [0.3, 0.4) is 0 Å². The molecule has 0 aromatic rings. The number of aliphatic hydroxyl groups excluding tert-OH is 1. The first-order valence-electron chi connectivity index (χ1n) is 21.1. The van der Waals surface area contributed by atoms with Gasteiger partial charge in [-0.25, -0.2) is 4.57 Å². The lowest BCUT2D eigenvalue weighted by molar-refractivity contribution is -0.870. The summed E-state index contributed by atoms with van der Waals surface area (Å²) in [5, 5.41) is 13.9. The smallest absolute Gasteiger partial charge is 0.391 e. The number of allylic oxidation sites excluding steroid dienone is 2. The van der Waals surface area contributed by atoms with Gasteiger partial charge in [0.25, 0.3) is 0 Å². The largest absolute Gasteiger partial charge is 0.472 e. The predicted octanol–water partition coefficient (Wildman–Crippen LogP) is 11.2. The number of hydrogen-bond donors (Lipinski definition) is 3. The summed E-state index contributed by atoms with van der Waals surface area (Å²) in [6, 6.07) is -0.759. The van der Waals surface area contributed by atoms with Crippen LogP contribution in [-0.2, 0) is 18.4 Å². The number of amides is 1. The van der Waals surface area contributed by atoms with Crippen molar-refractivity contribution in [3.63, 3.8) is 0 Å². The Morgan fingerprint density at radius 2 is 1.08 bits per heavy atom. The lowest BCUT2D eigenvalue weighted by Crippen LogP contribution is -2.46. The fourth-order valence-corrected chi connectivity index (χ4v) is 6.83. The first kappa shape index (κ1) is 49.2. The summed E-state index contributed by atoms with van der Waals surface area (Å²) in [5.74, 6) is -0.154. The molecule has 3 atom stereocenters. The number of nitrogens with one attached hydrogen (secondary N) is 1. The normalized spacial score (nSPS) is 14.6. The van der Waals surface area contributed by atoms with Crippen LogP contribution in [0.4, 0.5) is 0 Å². The van der Waals surface area contributed by atoms with Crippen LogP contribution in [-0.4, -0.2) is 73.4 Å². The molecule has 0 saturated carbocycles.